The molecule has 0 saturated heterocycles. The molecule has 2 nitrogen and oxygen atoms in total. The molecule has 0 fully saturated rings. The Morgan fingerprint density at radius 2 is 2.13 bits per heavy atom. The van der Waals surface area contributed by atoms with Crippen molar-refractivity contribution in [1.82, 2.24) is 10.3 Å². The second kappa shape index (κ2) is 6.09. The van der Waals surface area contributed by atoms with Gasteiger partial charge in [0.1, 0.15) is 0 Å². The zero-order chi connectivity index (χ0) is 11.3. The zero-order valence-corrected chi connectivity index (χ0v) is 10.4. The van der Waals surface area contributed by atoms with Gasteiger partial charge in [-0.25, -0.2) is 0 Å². The van der Waals surface area contributed by atoms with Gasteiger partial charge < -0.3 is 5.32 Å². The number of pyridine rings is 1. The van der Waals surface area contributed by atoms with Gasteiger partial charge in [0.25, 0.3) is 0 Å². The highest BCUT2D eigenvalue weighted by atomic mass is 35.5. The maximum absolute atomic E-state index is 5.80. The molecule has 1 rings (SSSR count). The van der Waals surface area contributed by atoms with Crippen molar-refractivity contribution in [3.8, 4) is 0 Å². The Bertz CT molecular complexity index is 301. The smallest absolute Gasteiger partial charge is 0.0313 e. The van der Waals surface area contributed by atoms with Crippen LogP contribution in [0.2, 0.25) is 0 Å². The van der Waals surface area contributed by atoms with Gasteiger partial charge in [-0.1, -0.05) is 13.0 Å². The molecular formula is C12H19ClN2. The van der Waals surface area contributed by atoms with E-state index in [9.17, 15) is 0 Å². The maximum Gasteiger partial charge on any atom is 0.0313 e. The second-order valence-corrected chi connectivity index (χ2v) is 4.48. The first kappa shape index (κ1) is 12.5. The first-order valence-electron chi connectivity index (χ1n) is 5.33. The van der Waals surface area contributed by atoms with Crippen LogP contribution in [0.25, 0.3) is 0 Å². The Hall–Kier alpha value is -0.600. The van der Waals surface area contributed by atoms with E-state index in [1.54, 1.807) is 0 Å². The number of aromatic nitrogens is 1. The van der Waals surface area contributed by atoms with Crippen molar-refractivity contribution in [3.63, 3.8) is 0 Å². The summed E-state index contributed by atoms with van der Waals surface area (Å²) in [7, 11) is 0. The third kappa shape index (κ3) is 4.18. The third-order valence-corrected chi connectivity index (χ3v) is 3.14. The molecule has 2 atom stereocenters. The molecular weight excluding hydrogens is 208 g/mol. The first-order chi connectivity index (χ1) is 7.13. The monoisotopic (exact) mass is 226 g/mol. The predicted octanol–water partition coefficient (Wildman–Crippen LogP) is 2.74. The van der Waals surface area contributed by atoms with Gasteiger partial charge in [0.2, 0.25) is 0 Å². The van der Waals surface area contributed by atoms with Crippen LogP contribution in [0, 0.1) is 12.8 Å². The lowest BCUT2D eigenvalue weighted by atomic mass is 10.1. The van der Waals surface area contributed by atoms with E-state index in [4.69, 9.17) is 11.6 Å². The van der Waals surface area contributed by atoms with Gasteiger partial charge in [-0.2, -0.15) is 0 Å². The highest BCUT2D eigenvalue weighted by molar-refractivity contribution is 6.18. The molecule has 1 N–H and O–H groups in total. The fourth-order valence-electron chi connectivity index (χ4n) is 1.33. The van der Waals surface area contributed by atoms with Gasteiger partial charge >= 0.3 is 0 Å². The quantitative estimate of drug-likeness (QED) is 0.781. The fourth-order valence-corrected chi connectivity index (χ4v) is 1.60. The molecule has 0 radical (unpaired) electrons. The van der Waals surface area contributed by atoms with Crippen molar-refractivity contribution < 1.29 is 0 Å². The molecule has 0 aliphatic carbocycles. The van der Waals surface area contributed by atoms with Crippen LogP contribution in [0.1, 0.15) is 25.0 Å². The van der Waals surface area contributed by atoms with Gasteiger partial charge in [-0.05, 0) is 30.9 Å². The second-order valence-electron chi connectivity index (χ2n) is 4.17. The van der Waals surface area contributed by atoms with E-state index in [1.165, 1.54) is 11.1 Å². The van der Waals surface area contributed by atoms with Crippen LogP contribution in [0.3, 0.4) is 0 Å². The number of hydrogen-bond acceptors (Lipinski definition) is 2. The SMILES string of the molecule is Cc1cncc(CNC(C)C(C)CCl)c1. The van der Waals surface area contributed by atoms with Gasteiger partial charge in [0.05, 0.1) is 0 Å². The lowest BCUT2D eigenvalue weighted by Gasteiger charge is -2.19. The van der Waals surface area contributed by atoms with E-state index in [0.717, 1.165) is 6.54 Å². The Morgan fingerprint density at radius 3 is 2.73 bits per heavy atom. The van der Waals surface area contributed by atoms with Crippen molar-refractivity contribution in [2.45, 2.75) is 33.4 Å². The fraction of sp³-hybridized carbons (Fsp3) is 0.583. The summed E-state index contributed by atoms with van der Waals surface area (Å²) in [5, 5.41) is 3.45. The summed E-state index contributed by atoms with van der Waals surface area (Å²) in [5.41, 5.74) is 2.43. The predicted molar refractivity (Wildman–Crippen MR) is 65.2 cm³/mol. The highest BCUT2D eigenvalue weighted by Crippen LogP contribution is 2.06. The average Bonchev–Trinajstić information content (AvgIpc) is 2.25. The molecule has 0 aliphatic heterocycles. The number of hydrogen-bond donors (Lipinski definition) is 1. The van der Waals surface area contributed by atoms with Crippen LogP contribution in [-0.2, 0) is 6.54 Å². The number of halogens is 1. The number of aryl methyl sites for hydroxylation is 1. The minimum atomic E-state index is 0.433. The van der Waals surface area contributed by atoms with Crippen molar-refractivity contribution in [2.75, 3.05) is 5.88 Å². The summed E-state index contributed by atoms with van der Waals surface area (Å²) in [5.74, 6) is 1.18. The lowest BCUT2D eigenvalue weighted by Crippen LogP contribution is -2.32. The molecule has 0 spiro atoms. The van der Waals surface area contributed by atoms with E-state index in [2.05, 4.69) is 37.1 Å². The van der Waals surface area contributed by atoms with Gasteiger partial charge in [-0.15, -0.1) is 11.6 Å². The molecule has 1 aromatic heterocycles. The Morgan fingerprint density at radius 1 is 1.40 bits per heavy atom. The molecule has 84 valence electrons. The zero-order valence-electron chi connectivity index (χ0n) is 9.63. The molecule has 0 amide bonds. The number of nitrogens with one attached hydrogen (secondary N) is 1. The van der Waals surface area contributed by atoms with Crippen molar-refractivity contribution >= 4 is 11.6 Å². The number of rotatable bonds is 5. The molecule has 0 aromatic carbocycles. The van der Waals surface area contributed by atoms with Crippen LogP contribution in [0.15, 0.2) is 18.5 Å². The summed E-state index contributed by atoms with van der Waals surface area (Å²) in [4.78, 5) is 4.16. The Labute approximate surface area is 97.1 Å². The van der Waals surface area contributed by atoms with Crippen molar-refractivity contribution in [3.05, 3.63) is 29.6 Å². The highest BCUT2D eigenvalue weighted by Gasteiger charge is 2.09. The summed E-state index contributed by atoms with van der Waals surface area (Å²) in [6, 6.07) is 2.58. The number of nitrogens with zero attached hydrogens (tertiary/aromatic N) is 1. The molecule has 0 saturated carbocycles. The van der Waals surface area contributed by atoms with E-state index in [1.807, 2.05) is 12.4 Å². The minimum absolute atomic E-state index is 0.433. The minimum Gasteiger partial charge on any atom is -0.310 e. The van der Waals surface area contributed by atoms with Crippen LogP contribution < -0.4 is 5.32 Å². The average molecular weight is 227 g/mol. The van der Waals surface area contributed by atoms with E-state index in [0.29, 0.717) is 17.8 Å². The normalized spacial score (nSPS) is 14.9. The third-order valence-electron chi connectivity index (χ3n) is 2.66. The molecule has 1 heterocycles. The van der Waals surface area contributed by atoms with Crippen LogP contribution >= 0.6 is 11.6 Å². The molecule has 1 aromatic rings. The molecule has 3 heteroatoms. The summed E-state index contributed by atoms with van der Waals surface area (Å²) >= 11 is 5.80. The van der Waals surface area contributed by atoms with E-state index < -0.39 is 0 Å². The summed E-state index contributed by atoms with van der Waals surface area (Å²) in [6.07, 6.45) is 3.77. The summed E-state index contributed by atoms with van der Waals surface area (Å²) in [6.45, 7) is 7.23. The Kier molecular flexibility index (Phi) is 5.06. The molecule has 2 unspecified atom stereocenters. The first-order valence-corrected chi connectivity index (χ1v) is 5.86. The largest absolute Gasteiger partial charge is 0.310 e. The van der Waals surface area contributed by atoms with E-state index in [-0.39, 0.29) is 0 Å². The Balaban J connectivity index is 2.43. The van der Waals surface area contributed by atoms with Crippen LogP contribution in [0.5, 0.6) is 0 Å². The van der Waals surface area contributed by atoms with Crippen LogP contribution in [-0.4, -0.2) is 16.9 Å². The molecule has 0 bridgehead atoms. The number of alkyl halides is 1. The van der Waals surface area contributed by atoms with E-state index >= 15 is 0 Å². The molecule has 0 aliphatic rings. The lowest BCUT2D eigenvalue weighted by molar-refractivity contribution is 0.429. The van der Waals surface area contributed by atoms with Crippen molar-refractivity contribution in [2.24, 2.45) is 5.92 Å². The van der Waals surface area contributed by atoms with Crippen LogP contribution in [0.4, 0.5) is 0 Å². The topological polar surface area (TPSA) is 24.9 Å². The van der Waals surface area contributed by atoms with Gasteiger partial charge in [-0.3, -0.25) is 4.98 Å². The molecule has 15 heavy (non-hydrogen) atoms. The van der Waals surface area contributed by atoms with Crippen molar-refractivity contribution in [1.29, 1.82) is 0 Å². The standard InChI is InChI=1S/C12H19ClN2/c1-9-4-12(7-14-6-9)8-15-11(3)10(2)5-13/h4,6-7,10-11,15H,5,8H2,1-3H3. The van der Waals surface area contributed by atoms with Gasteiger partial charge in [0, 0.05) is 30.9 Å². The maximum atomic E-state index is 5.80. The summed E-state index contributed by atoms with van der Waals surface area (Å²) < 4.78 is 0. The van der Waals surface area contributed by atoms with Gasteiger partial charge in [0.15, 0.2) is 0 Å².